The van der Waals surface area contributed by atoms with Gasteiger partial charge in [-0.1, -0.05) is 6.42 Å². The Kier molecular flexibility index (Phi) is 4.55. The van der Waals surface area contributed by atoms with Crippen molar-refractivity contribution in [1.29, 1.82) is 0 Å². The molecule has 108 valence electrons. The van der Waals surface area contributed by atoms with Crippen molar-refractivity contribution < 1.29 is 14.7 Å². The number of aromatic nitrogens is 1. The van der Waals surface area contributed by atoms with E-state index >= 15 is 0 Å². The van der Waals surface area contributed by atoms with Crippen molar-refractivity contribution in [1.82, 2.24) is 10.3 Å². The maximum atomic E-state index is 11.7. The highest BCUT2D eigenvalue weighted by molar-refractivity contribution is 5.89. The van der Waals surface area contributed by atoms with Crippen LogP contribution in [-0.4, -0.2) is 28.6 Å². The number of pyridine rings is 1. The third kappa shape index (κ3) is 3.69. The summed E-state index contributed by atoms with van der Waals surface area (Å²) in [6.07, 6.45) is 4.05. The van der Waals surface area contributed by atoms with Crippen LogP contribution < -0.4 is 10.6 Å². The van der Waals surface area contributed by atoms with Gasteiger partial charge in [0, 0.05) is 12.2 Å². The van der Waals surface area contributed by atoms with E-state index in [1.54, 1.807) is 12.3 Å². The van der Waals surface area contributed by atoms with Crippen LogP contribution in [0.3, 0.4) is 0 Å². The van der Waals surface area contributed by atoms with Gasteiger partial charge in [-0.05, 0) is 37.8 Å². The molecule has 1 heterocycles. The molecule has 0 bridgehead atoms. The smallest absolute Gasteiger partial charge is 0.319 e. The molecule has 6 nitrogen and oxygen atoms in total. The van der Waals surface area contributed by atoms with Crippen LogP contribution in [0.15, 0.2) is 18.3 Å². The maximum absolute atomic E-state index is 11.7. The van der Waals surface area contributed by atoms with Crippen LogP contribution >= 0.6 is 0 Å². The van der Waals surface area contributed by atoms with Crippen molar-refractivity contribution in [3.05, 3.63) is 24.0 Å². The molecule has 0 aliphatic heterocycles. The summed E-state index contributed by atoms with van der Waals surface area (Å²) in [5, 5.41) is 14.5. The zero-order chi connectivity index (χ0) is 14.5. The van der Waals surface area contributed by atoms with Gasteiger partial charge in [0.1, 0.15) is 0 Å². The molecule has 1 aliphatic carbocycles. The number of nitrogens with zero attached hydrogens (tertiary/aromatic N) is 1. The second-order valence-corrected chi connectivity index (χ2v) is 5.16. The Morgan fingerprint density at radius 2 is 2.20 bits per heavy atom. The molecule has 20 heavy (non-hydrogen) atoms. The number of urea groups is 1. The highest BCUT2D eigenvalue weighted by atomic mass is 16.4. The molecule has 1 aliphatic rings. The Hall–Kier alpha value is -2.11. The molecule has 1 aromatic heterocycles. The molecule has 2 amide bonds. The average Bonchev–Trinajstić information content (AvgIpc) is 2.88. The van der Waals surface area contributed by atoms with Crippen LogP contribution in [-0.2, 0) is 4.79 Å². The van der Waals surface area contributed by atoms with Crippen LogP contribution in [0.5, 0.6) is 0 Å². The van der Waals surface area contributed by atoms with Crippen molar-refractivity contribution >= 4 is 17.7 Å². The molecule has 1 aromatic rings. The fourth-order valence-corrected chi connectivity index (χ4v) is 2.55. The minimum absolute atomic E-state index is 0.0226. The topological polar surface area (TPSA) is 91.3 Å². The number of hydrogen-bond acceptors (Lipinski definition) is 3. The first-order valence-electron chi connectivity index (χ1n) is 6.76. The van der Waals surface area contributed by atoms with Gasteiger partial charge < -0.3 is 15.7 Å². The van der Waals surface area contributed by atoms with Crippen molar-refractivity contribution in [3.63, 3.8) is 0 Å². The lowest BCUT2D eigenvalue weighted by molar-refractivity contribution is -0.142. The molecule has 0 spiro atoms. The number of hydrogen-bond donors (Lipinski definition) is 3. The lowest BCUT2D eigenvalue weighted by atomic mass is 9.96. The Balaban J connectivity index is 1.80. The van der Waals surface area contributed by atoms with Crippen molar-refractivity contribution in [2.75, 3.05) is 11.9 Å². The number of anilines is 1. The molecule has 1 saturated carbocycles. The van der Waals surface area contributed by atoms with Crippen molar-refractivity contribution in [3.8, 4) is 0 Å². The normalized spacial score (nSPS) is 21.4. The van der Waals surface area contributed by atoms with Gasteiger partial charge in [0.2, 0.25) is 0 Å². The monoisotopic (exact) mass is 277 g/mol. The standard InChI is InChI=1S/C14H19N3O3/c1-9-5-6-11(8-15-9)17-14(20)16-7-10-3-2-4-12(10)13(18)19/h5-6,8,10,12H,2-4,7H2,1H3,(H,18,19)(H2,16,17,20). The quantitative estimate of drug-likeness (QED) is 0.785. The molecule has 6 heteroatoms. The molecular formula is C14H19N3O3. The highest BCUT2D eigenvalue weighted by Crippen LogP contribution is 2.31. The number of carboxylic acid groups (broad SMARTS) is 1. The minimum atomic E-state index is -0.766. The molecule has 0 saturated heterocycles. The summed E-state index contributed by atoms with van der Waals surface area (Å²) in [7, 11) is 0. The van der Waals surface area contributed by atoms with E-state index in [-0.39, 0.29) is 17.9 Å². The minimum Gasteiger partial charge on any atom is -0.481 e. The van der Waals surface area contributed by atoms with Gasteiger partial charge in [-0.3, -0.25) is 9.78 Å². The third-order valence-electron chi connectivity index (χ3n) is 3.67. The number of aliphatic carboxylic acids is 1. The Morgan fingerprint density at radius 3 is 2.85 bits per heavy atom. The SMILES string of the molecule is Cc1ccc(NC(=O)NCC2CCCC2C(=O)O)cn1. The Bertz CT molecular complexity index is 487. The number of carbonyl (C=O) groups excluding carboxylic acids is 1. The zero-order valence-corrected chi connectivity index (χ0v) is 11.4. The Labute approximate surface area is 117 Å². The van der Waals surface area contributed by atoms with Gasteiger partial charge in [0.25, 0.3) is 0 Å². The summed E-state index contributed by atoms with van der Waals surface area (Å²) in [5.41, 5.74) is 1.50. The lowest BCUT2D eigenvalue weighted by Gasteiger charge is -2.16. The second-order valence-electron chi connectivity index (χ2n) is 5.16. The van der Waals surface area contributed by atoms with E-state index in [2.05, 4.69) is 15.6 Å². The number of aryl methyl sites for hydroxylation is 1. The number of carboxylic acids is 1. The summed E-state index contributed by atoms with van der Waals surface area (Å²) < 4.78 is 0. The van der Waals surface area contributed by atoms with Gasteiger partial charge in [-0.15, -0.1) is 0 Å². The second kappa shape index (κ2) is 6.36. The number of carbonyl (C=O) groups is 2. The largest absolute Gasteiger partial charge is 0.481 e. The zero-order valence-electron chi connectivity index (χ0n) is 11.4. The number of rotatable bonds is 4. The Morgan fingerprint density at radius 1 is 1.40 bits per heavy atom. The van der Waals surface area contributed by atoms with Crippen LogP contribution in [0.25, 0.3) is 0 Å². The molecule has 2 atom stereocenters. The fourth-order valence-electron chi connectivity index (χ4n) is 2.55. The highest BCUT2D eigenvalue weighted by Gasteiger charge is 2.32. The lowest BCUT2D eigenvalue weighted by Crippen LogP contribution is -2.35. The van der Waals surface area contributed by atoms with Crippen LogP contribution in [0.2, 0.25) is 0 Å². The van der Waals surface area contributed by atoms with E-state index in [1.807, 2.05) is 13.0 Å². The summed E-state index contributed by atoms with van der Waals surface area (Å²) in [5.74, 6) is -1.08. The van der Waals surface area contributed by atoms with Crippen molar-refractivity contribution in [2.45, 2.75) is 26.2 Å². The first-order valence-corrected chi connectivity index (χ1v) is 6.76. The van der Waals surface area contributed by atoms with Gasteiger partial charge in [0.15, 0.2) is 0 Å². The van der Waals surface area contributed by atoms with E-state index in [4.69, 9.17) is 5.11 Å². The summed E-state index contributed by atoms with van der Waals surface area (Å²) >= 11 is 0. The molecule has 2 rings (SSSR count). The average molecular weight is 277 g/mol. The van der Waals surface area contributed by atoms with Gasteiger partial charge >= 0.3 is 12.0 Å². The summed E-state index contributed by atoms with van der Waals surface area (Å²) in [4.78, 5) is 26.9. The number of amides is 2. The summed E-state index contributed by atoms with van der Waals surface area (Å²) in [6.45, 7) is 2.26. The molecule has 3 N–H and O–H groups in total. The molecule has 0 aromatic carbocycles. The van der Waals surface area contributed by atoms with Gasteiger partial charge in [-0.2, -0.15) is 0 Å². The van der Waals surface area contributed by atoms with E-state index in [0.29, 0.717) is 18.7 Å². The van der Waals surface area contributed by atoms with Crippen LogP contribution in [0.4, 0.5) is 10.5 Å². The molecule has 1 fully saturated rings. The van der Waals surface area contributed by atoms with E-state index in [1.165, 1.54) is 0 Å². The van der Waals surface area contributed by atoms with Crippen molar-refractivity contribution in [2.24, 2.45) is 11.8 Å². The number of nitrogens with one attached hydrogen (secondary N) is 2. The van der Waals surface area contributed by atoms with E-state index in [0.717, 1.165) is 18.5 Å². The molecular weight excluding hydrogens is 258 g/mol. The van der Waals surface area contributed by atoms with Crippen LogP contribution in [0.1, 0.15) is 25.0 Å². The predicted molar refractivity (Wildman–Crippen MR) is 74.5 cm³/mol. The fraction of sp³-hybridized carbons (Fsp3) is 0.500. The van der Waals surface area contributed by atoms with E-state index < -0.39 is 5.97 Å². The first kappa shape index (κ1) is 14.3. The predicted octanol–water partition coefficient (Wildman–Crippen LogP) is 2.01. The van der Waals surface area contributed by atoms with E-state index in [9.17, 15) is 9.59 Å². The maximum Gasteiger partial charge on any atom is 0.319 e. The third-order valence-corrected chi connectivity index (χ3v) is 3.67. The molecule has 2 unspecified atom stereocenters. The summed E-state index contributed by atoms with van der Waals surface area (Å²) in [6, 6.07) is 3.26. The van der Waals surface area contributed by atoms with Gasteiger partial charge in [0.05, 0.1) is 17.8 Å². The van der Waals surface area contributed by atoms with Gasteiger partial charge in [-0.25, -0.2) is 4.79 Å². The first-order chi connectivity index (χ1) is 9.56. The van der Waals surface area contributed by atoms with Crippen LogP contribution in [0, 0.1) is 18.8 Å². The molecule has 0 radical (unpaired) electrons.